The van der Waals surface area contributed by atoms with Gasteiger partial charge in [0, 0.05) is 32.7 Å². The largest absolute Gasteiger partial charge is 0.320 e. The number of nitrogens with zero attached hydrogens (tertiary/aromatic N) is 3. The van der Waals surface area contributed by atoms with Crippen LogP contribution in [0.25, 0.3) is 0 Å². The fourth-order valence-corrected chi connectivity index (χ4v) is 4.16. The minimum Gasteiger partial charge on any atom is -0.320 e. The quantitative estimate of drug-likeness (QED) is 0.520. The van der Waals surface area contributed by atoms with Crippen molar-refractivity contribution in [1.29, 1.82) is 0 Å². The average Bonchev–Trinajstić information content (AvgIpc) is 3.43. The molecular weight excluding hydrogens is 344 g/mol. The van der Waals surface area contributed by atoms with E-state index < -0.39 is 0 Å². The molecule has 170 valence electrons. The molecule has 2 fully saturated rings. The summed E-state index contributed by atoms with van der Waals surface area (Å²) in [5.41, 5.74) is 0.698. The Morgan fingerprint density at radius 1 is 1.04 bits per heavy atom. The van der Waals surface area contributed by atoms with Crippen LogP contribution in [0.5, 0.6) is 0 Å². The summed E-state index contributed by atoms with van der Waals surface area (Å²) in [5.74, 6) is 0.860. The summed E-state index contributed by atoms with van der Waals surface area (Å²) in [5, 5.41) is 3.23. The molecule has 0 spiro atoms. The number of hydrogen-bond donors (Lipinski definition) is 1. The Balaban J connectivity index is 0.000000520. The summed E-state index contributed by atoms with van der Waals surface area (Å²) < 4.78 is 0. The van der Waals surface area contributed by atoms with Crippen molar-refractivity contribution in [1.82, 2.24) is 20.0 Å². The highest BCUT2D eigenvalue weighted by Crippen LogP contribution is 2.51. The van der Waals surface area contributed by atoms with Gasteiger partial charge >= 0.3 is 0 Å². The zero-order valence-corrected chi connectivity index (χ0v) is 20.8. The van der Waals surface area contributed by atoms with Crippen LogP contribution < -0.4 is 5.32 Å². The first-order valence-electron chi connectivity index (χ1n) is 12.2. The second-order valence-electron chi connectivity index (χ2n) is 9.07. The van der Waals surface area contributed by atoms with Gasteiger partial charge in [0.1, 0.15) is 0 Å². The van der Waals surface area contributed by atoms with Gasteiger partial charge in [0.05, 0.1) is 0 Å². The van der Waals surface area contributed by atoms with E-state index >= 15 is 0 Å². The molecule has 1 aliphatic heterocycles. The van der Waals surface area contributed by atoms with Crippen LogP contribution in [0.15, 0.2) is 0 Å². The van der Waals surface area contributed by atoms with Gasteiger partial charge in [-0.2, -0.15) is 0 Å². The lowest BCUT2D eigenvalue weighted by Crippen LogP contribution is -2.44. The summed E-state index contributed by atoms with van der Waals surface area (Å²) in [6.07, 6.45) is 6.93. The molecule has 1 saturated carbocycles. The highest BCUT2D eigenvalue weighted by molar-refractivity contribution is 4.95. The highest BCUT2D eigenvalue weighted by atomic mass is 15.2. The Morgan fingerprint density at radius 2 is 1.64 bits per heavy atom. The van der Waals surface area contributed by atoms with Crippen LogP contribution in [0.1, 0.15) is 73.6 Å². The molecule has 0 aromatic carbocycles. The number of piperazine rings is 1. The lowest BCUT2D eigenvalue weighted by Gasteiger charge is -2.31. The molecule has 1 saturated heterocycles. The third-order valence-electron chi connectivity index (χ3n) is 5.84. The molecule has 0 bridgehead atoms. The van der Waals surface area contributed by atoms with Gasteiger partial charge in [-0.3, -0.25) is 0 Å². The van der Waals surface area contributed by atoms with E-state index in [1.165, 1.54) is 84.5 Å². The van der Waals surface area contributed by atoms with E-state index in [1.807, 2.05) is 20.9 Å². The molecule has 1 heterocycles. The van der Waals surface area contributed by atoms with Crippen molar-refractivity contribution < 1.29 is 0 Å². The van der Waals surface area contributed by atoms with Crippen molar-refractivity contribution in [2.75, 3.05) is 73.0 Å². The molecule has 2 aliphatic rings. The number of hydrogen-bond acceptors (Lipinski definition) is 4. The first-order valence-corrected chi connectivity index (χ1v) is 12.2. The van der Waals surface area contributed by atoms with E-state index in [2.05, 4.69) is 54.8 Å². The van der Waals surface area contributed by atoms with Crippen LogP contribution in [0.4, 0.5) is 0 Å². The van der Waals surface area contributed by atoms with Crippen LogP contribution in [-0.2, 0) is 0 Å². The highest BCUT2D eigenvalue weighted by Gasteiger charge is 2.43. The molecule has 28 heavy (non-hydrogen) atoms. The zero-order valence-electron chi connectivity index (χ0n) is 20.8. The van der Waals surface area contributed by atoms with Gasteiger partial charge in [-0.1, -0.05) is 41.5 Å². The normalized spacial score (nSPS) is 19.1. The Bertz CT molecular complexity index is 333. The van der Waals surface area contributed by atoms with E-state index in [-0.39, 0.29) is 0 Å². The van der Waals surface area contributed by atoms with Crippen molar-refractivity contribution in [3.8, 4) is 0 Å². The van der Waals surface area contributed by atoms with Crippen LogP contribution in [0.3, 0.4) is 0 Å². The average molecular weight is 399 g/mol. The van der Waals surface area contributed by atoms with E-state index in [4.69, 9.17) is 0 Å². The van der Waals surface area contributed by atoms with E-state index in [0.29, 0.717) is 5.41 Å². The Kier molecular flexibility index (Phi) is 16.5. The van der Waals surface area contributed by atoms with Crippen LogP contribution in [0.2, 0.25) is 0 Å². The smallest absolute Gasteiger partial charge is 0.0110 e. The Labute approximate surface area is 178 Å². The topological polar surface area (TPSA) is 21.8 Å². The summed E-state index contributed by atoms with van der Waals surface area (Å²) in [6.45, 7) is 24.5. The minimum absolute atomic E-state index is 0.698. The molecule has 0 aromatic rings. The molecular formula is C24H54N4. The molecule has 0 radical (unpaired) electrons. The molecule has 0 aromatic heterocycles. The summed E-state index contributed by atoms with van der Waals surface area (Å²) in [7, 11) is 4.24. The monoisotopic (exact) mass is 398 g/mol. The first-order chi connectivity index (χ1) is 13.4. The fourth-order valence-electron chi connectivity index (χ4n) is 4.16. The van der Waals surface area contributed by atoms with E-state index in [0.717, 1.165) is 12.5 Å². The van der Waals surface area contributed by atoms with Gasteiger partial charge in [-0.25, -0.2) is 0 Å². The molecule has 0 unspecified atom stereocenters. The van der Waals surface area contributed by atoms with Gasteiger partial charge in [0.2, 0.25) is 0 Å². The standard InChI is InChI=1S/C14H30N2.C8H18N2.C2H6/c1-5-16(10-6-9-15-4)12-14(7-8-14)11-13(2)3;1-3-4-10-7-5-9(2)6-8-10;1-2/h13,15H,5-12H2,1-4H3;3-8H2,1-2H3;1-2H3. The molecule has 1 N–H and O–H groups in total. The van der Waals surface area contributed by atoms with Gasteiger partial charge < -0.3 is 20.0 Å². The van der Waals surface area contributed by atoms with Gasteiger partial charge in [-0.15, -0.1) is 0 Å². The number of nitrogens with one attached hydrogen (secondary N) is 1. The zero-order chi connectivity index (χ0) is 21.4. The van der Waals surface area contributed by atoms with Gasteiger partial charge in [0.25, 0.3) is 0 Å². The fraction of sp³-hybridized carbons (Fsp3) is 1.00. The SMILES string of the molecule is CC.CCCN1CCN(C)CC1.CCN(CCCNC)CC1(CC(C)C)CC1. The summed E-state index contributed by atoms with van der Waals surface area (Å²) >= 11 is 0. The molecule has 1 aliphatic carbocycles. The Morgan fingerprint density at radius 3 is 2.07 bits per heavy atom. The van der Waals surface area contributed by atoms with E-state index in [9.17, 15) is 0 Å². The van der Waals surface area contributed by atoms with Crippen molar-refractivity contribution in [2.24, 2.45) is 11.3 Å². The van der Waals surface area contributed by atoms with Crippen LogP contribution in [0, 0.1) is 11.3 Å². The van der Waals surface area contributed by atoms with Gasteiger partial charge in [0.15, 0.2) is 0 Å². The van der Waals surface area contributed by atoms with Crippen molar-refractivity contribution in [3.05, 3.63) is 0 Å². The number of likely N-dealkylation sites (N-methyl/N-ethyl adjacent to an activating group) is 1. The minimum atomic E-state index is 0.698. The molecule has 0 amide bonds. The van der Waals surface area contributed by atoms with Gasteiger partial charge in [-0.05, 0) is 83.7 Å². The lowest BCUT2D eigenvalue weighted by molar-refractivity contribution is 0.154. The molecule has 4 heteroatoms. The van der Waals surface area contributed by atoms with E-state index in [1.54, 1.807) is 0 Å². The summed E-state index contributed by atoms with van der Waals surface area (Å²) in [6, 6.07) is 0. The van der Waals surface area contributed by atoms with Crippen molar-refractivity contribution in [3.63, 3.8) is 0 Å². The second kappa shape index (κ2) is 16.6. The first kappa shape index (κ1) is 27.8. The maximum atomic E-state index is 3.23. The van der Waals surface area contributed by atoms with Crippen LogP contribution >= 0.6 is 0 Å². The third kappa shape index (κ3) is 13.1. The van der Waals surface area contributed by atoms with Crippen molar-refractivity contribution in [2.45, 2.75) is 73.6 Å². The predicted molar refractivity (Wildman–Crippen MR) is 127 cm³/mol. The molecule has 4 nitrogen and oxygen atoms in total. The maximum Gasteiger partial charge on any atom is 0.0110 e. The third-order valence-corrected chi connectivity index (χ3v) is 5.84. The van der Waals surface area contributed by atoms with Crippen molar-refractivity contribution >= 4 is 0 Å². The molecule has 0 atom stereocenters. The van der Waals surface area contributed by atoms with Crippen LogP contribution in [-0.4, -0.2) is 87.7 Å². The predicted octanol–water partition coefficient (Wildman–Crippen LogP) is 4.41. The summed E-state index contributed by atoms with van der Waals surface area (Å²) in [4.78, 5) is 7.58. The second-order valence-corrected chi connectivity index (χ2v) is 9.07. The molecule has 2 rings (SSSR count). The number of rotatable bonds is 11. The Hall–Kier alpha value is -0.160. The maximum absolute atomic E-state index is 3.23. The lowest BCUT2D eigenvalue weighted by atomic mass is 9.93.